The molecule has 0 aliphatic heterocycles. The Morgan fingerprint density at radius 1 is 1.53 bits per heavy atom. The predicted octanol–water partition coefficient (Wildman–Crippen LogP) is 2.79. The standard InChI is InChI=1S/C12H17ClN2OS/c1-8(2)6-15-11(16)7-17-12-9(13)4-3-5-10(12)14/h3-5,8H,6-7,14H2,1-2H3,(H,15,16). The smallest absolute Gasteiger partial charge is 0.230 e. The summed E-state index contributed by atoms with van der Waals surface area (Å²) in [6.07, 6.45) is 0. The zero-order valence-electron chi connectivity index (χ0n) is 10.00. The van der Waals surface area contributed by atoms with Crippen LogP contribution in [0, 0.1) is 5.92 Å². The molecule has 1 rings (SSSR count). The van der Waals surface area contributed by atoms with E-state index < -0.39 is 0 Å². The first kappa shape index (κ1) is 14.2. The second-order valence-electron chi connectivity index (χ2n) is 4.14. The number of hydrogen-bond donors (Lipinski definition) is 2. The fourth-order valence-electron chi connectivity index (χ4n) is 1.18. The van der Waals surface area contributed by atoms with Crippen LogP contribution in [0.25, 0.3) is 0 Å². The Morgan fingerprint density at radius 2 is 2.24 bits per heavy atom. The average Bonchev–Trinajstić information content (AvgIpc) is 2.25. The Bertz CT molecular complexity index is 376. The van der Waals surface area contributed by atoms with Crippen molar-refractivity contribution >= 4 is 35.0 Å². The van der Waals surface area contributed by atoms with E-state index in [0.717, 1.165) is 4.90 Å². The van der Waals surface area contributed by atoms with E-state index in [-0.39, 0.29) is 5.91 Å². The SMILES string of the molecule is CC(C)CNC(=O)CSc1c(N)cccc1Cl. The molecule has 0 saturated carbocycles. The van der Waals surface area contributed by atoms with Crippen molar-refractivity contribution in [3.05, 3.63) is 23.2 Å². The first-order valence-electron chi connectivity index (χ1n) is 5.44. The second-order valence-corrected chi connectivity index (χ2v) is 5.54. The third kappa shape index (κ3) is 4.88. The number of nitrogens with two attached hydrogens (primary N) is 1. The number of hydrogen-bond acceptors (Lipinski definition) is 3. The Balaban J connectivity index is 2.47. The Morgan fingerprint density at radius 3 is 2.82 bits per heavy atom. The highest BCUT2D eigenvalue weighted by molar-refractivity contribution is 8.00. The van der Waals surface area contributed by atoms with Crippen LogP contribution in [0.3, 0.4) is 0 Å². The highest BCUT2D eigenvalue weighted by atomic mass is 35.5. The van der Waals surface area contributed by atoms with Gasteiger partial charge in [0.25, 0.3) is 0 Å². The quantitative estimate of drug-likeness (QED) is 0.640. The largest absolute Gasteiger partial charge is 0.398 e. The van der Waals surface area contributed by atoms with E-state index in [1.807, 2.05) is 0 Å². The van der Waals surface area contributed by atoms with Gasteiger partial charge >= 0.3 is 0 Å². The lowest BCUT2D eigenvalue weighted by Crippen LogP contribution is -2.28. The van der Waals surface area contributed by atoms with Crippen molar-refractivity contribution < 1.29 is 4.79 Å². The van der Waals surface area contributed by atoms with Crippen molar-refractivity contribution in [3.8, 4) is 0 Å². The van der Waals surface area contributed by atoms with Crippen molar-refractivity contribution in [3.63, 3.8) is 0 Å². The van der Waals surface area contributed by atoms with Crippen molar-refractivity contribution in [1.82, 2.24) is 5.32 Å². The summed E-state index contributed by atoms with van der Waals surface area (Å²) in [5, 5.41) is 3.44. The van der Waals surface area contributed by atoms with E-state index in [9.17, 15) is 4.79 Å². The van der Waals surface area contributed by atoms with Gasteiger partial charge in [0, 0.05) is 17.1 Å². The number of thioether (sulfide) groups is 1. The summed E-state index contributed by atoms with van der Waals surface area (Å²) < 4.78 is 0. The minimum Gasteiger partial charge on any atom is -0.398 e. The zero-order valence-corrected chi connectivity index (χ0v) is 11.6. The van der Waals surface area contributed by atoms with Gasteiger partial charge in [0.1, 0.15) is 0 Å². The predicted molar refractivity (Wildman–Crippen MR) is 74.4 cm³/mol. The number of anilines is 1. The van der Waals surface area contributed by atoms with Gasteiger partial charge in [0.2, 0.25) is 5.91 Å². The number of carbonyl (C=O) groups is 1. The van der Waals surface area contributed by atoms with Crippen LogP contribution in [-0.2, 0) is 4.79 Å². The molecule has 0 saturated heterocycles. The number of nitrogens with one attached hydrogen (secondary N) is 1. The van der Waals surface area contributed by atoms with Crippen LogP contribution in [0.2, 0.25) is 5.02 Å². The first-order chi connectivity index (χ1) is 8.00. The van der Waals surface area contributed by atoms with Crippen LogP contribution in [0.1, 0.15) is 13.8 Å². The molecule has 1 amide bonds. The summed E-state index contributed by atoms with van der Waals surface area (Å²) in [5.74, 6) is 0.790. The zero-order chi connectivity index (χ0) is 12.8. The maximum atomic E-state index is 11.5. The number of carbonyl (C=O) groups excluding carboxylic acids is 1. The third-order valence-electron chi connectivity index (χ3n) is 2.05. The normalized spacial score (nSPS) is 10.6. The lowest BCUT2D eigenvalue weighted by atomic mass is 10.2. The molecular weight excluding hydrogens is 256 g/mol. The van der Waals surface area contributed by atoms with E-state index in [4.69, 9.17) is 17.3 Å². The van der Waals surface area contributed by atoms with Gasteiger partial charge in [0.05, 0.1) is 10.8 Å². The van der Waals surface area contributed by atoms with E-state index in [1.165, 1.54) is 11.8 Å². The Kier molecular flexibility index (Phi) is 5.65. The third-order valence-corrected chi connectivity index (χ3v) is 3.63. The molecule has 0 aliphatic rings. The topological polar surface area (TPSA) is 55.1 Å². The molecule has 0 unspecified atom stereocenters. The molecule has 3 nitrogen and oxygen atoms in total. The summed E-state index contributed by atoms with van der Waals surface area (Å²) >= 11 is 7.37. The highest BCUT2D eigenvalue weighted by Crippen LogP contribution is 2.32. The summed E-state index contributed by atoms with van der Waals surface area (Å²) in [4.78, 5) is 12.3. The molecule has 0 aromatic heterocycles. The molecule has 5 heteroatoms. The van der Waals surface area contributed by atoms with Crippen molar-refractivity contribution in [2.24, 2.45) is 5.92 Å². The number of halogens is 1. The van der Waals surface area contributed by atoms with E-state index >= 15 is 0 Å². The summed E-state index contributed by atoms with van der Waals surface area (Å²) in [7, 11) is 0. The van der Waals surface area contributed by atoms with Gasteiger partial charge in [0.15, 0.2) is 0 Å². The van der Waals surface area contributed by atoms with Gasteiger partial charge in [-0.05, 0) is 18.1 Å². The van der Waals surface area contributed by atoms with E-state index in [2.05, 4.69) is 19.2 Å². The summed E-state index contributed by atoms with van der Waals surface area (Å²) in [6, 6.07) is 5.34. The minimum atomic E-state index is 0.00280. The van der Waals surface area contributed by atoms with Crippen LogP contribution in [0.5, 0.6) is 0 Å². The molecular formula is C12H17ClN2OS. The molecule has 94 valence electrons. The molecule has 0 heterocycles. The van der Waals surface area contributed by atoms with Crippen LogP contribution >= 0.6 is 23.4 Å². The Hall–Kier alpha value is -0.870. The van der Waals surface area contributed by atoms with Gasteiger partial charge in [-0.25, -0.2) is 0 Å². The monoisotopic (exact) mass is 272 g/mol. The van der Waals surface area contributed by atoms with E-state index in [0.29, 0.717) is 28.9 Å². The molecule has 0 spiro atoms. The Labute approximate surface area is 111 Å². The fraction of sp³-hybridized carbons (Fsp3) is 0.417. The van der Waals surface area contributed by atoms with E-state index in [1.54, 1.807) is 18.2 Å². The fourth-order valence-corrected chi connectivity index (χ4v) is 2.35. The molecule has 0 fully saturated rings. The lowest BCUT2D eigenvalue weighted by molar-refractivity contribution is -0.118. The molecule has 1 aromatic rings. The van der Waals surface area contributed by atoms with Gasteiger partial charge in [-0.3, -0.25) is 4.79 Å². The van der Waals surface area contributed by atoms with Crippen molar-refractivity contribution in [2.45, 2.75) is 18.7 Å². The highest BCUT2D eigenvalue weighted by Gasteiger charge is 2.08. The van der Waals surface area contributed by atoms with Crippen LogP contribution in [-0.4, -0.2) is 18.2 Å². The minimum absolute atomic E-state index is 0.00280. The maximum Gasteiger partial charge on any atom is 0.230 e. The number of nitrogen functional groups attached to an aromatic ring is 1. The first-order valence-corrected chi connectivity index (χ1v) is 6.80. The van der Waals surface area contributed by atoms with Crippen LogP contribution in [0.4, 0.5) is 5.69 Å². The molecule has 3 N–H and O–H groups in total. The van der Waals surface area contributed by atoms with Crippen LogP contribution in [0.15, 0.2) is 23.1 Å². The van der Waals surface area contributed by atoms with Gasteiger partial charge < -0.3 is 11.1 Å². The molecule has 17 heavy (non-hydrogen) atoms. The maximum absolute atomic E-state index is 11.5. The van der Waals surface area contributed by atoms with Gasteiger partial charge in [-0.1, -0.05) is 31.5 Å². The van der Waals surface area contributed by atoms with Crippen molar-refractivity contribution in [2.75, 3.05) is 18.0 Å². The number of benzene rings is 1. The van der Waals surface area contributed by atoms with Crippen LogP contribution < -0.4 is 11.1 Å². The summed E-state index contributed by atoms with van der Waals surface area (Å²) in [5.41, 5.74) is 6.40. The molecule has 0 aliphatic carbocycles. The second kappa shape index (κ2) is 6.77. The molecule has 1 aromatic carbocycles. The molecule has 0 atom stereocenters. The van der Waals surface area contributed by atoms with Gasteiger partial charge in [-0.15, -0.1) is 11.8 Å². The summed E-state index contributed by atoms with van der Waals surface area (Å²) in [6.45, 7) is 4.80. The van der Waals surface area contributed by atoms with Crippen molar-refractivity contribution in [1.29, 1.82) is 0 Å². The number of amides is 1. The molecule has 0 bridgehead atoms. The molecule has 0 radical (unpaired) electrons. The number of rotatable bonds is 5. The van der Waals surface area contributed by atoms with Gasteiger partial charge in [-0.2, -0.15) is 0 Å². The average molecular weight is 273 g/mol. The lowest BCUT2D eigenvalue weighted by Gasteiger charge is -2.09.